The highest BCUT2D eigenvalue weighted by Crippen LogP contribution is 2.27. The summed E-state index contributed by atoms with van der Waals surface area (Å²) in [6, 6.07) is 5.38. The van der Waals surface area contributed by atoms with Gasteiger partial charge < -0.3 is 9.88 Å². The predicted octanol–water partition coefficient (Wildman–Crippen LogP) is 3.92. The van der Waals surface area contributed by atoms with Gasteiger partial charge in [-0.3, -0.25) is 0 Å². The first-order valence-corrected chi connectivity index (χ1v) is 6.60. The van der Waals surface area contributed by atoms with Crippen LogP contribution in [-0.4, -0.2) is 22.3 Å². The molecule has 0 saturated carbocycles. The molecule has 0 aliphatic heterocycles. The van der Waals surface area contributed by atoms with Gasteiger partial charge in [-0.1, -0.05) is 17.7 Å². The molecule has 1 heterocycles. The van der Waals surface area contributed by atoms with Crippen molar-refractivity contribution in [3.05, 3.63) is 29.0 Å². The van der Waals surface area contributed by atoms with Crippen LogP contribution < -0.4 is 5.32 Å². The smallest absolute Gasteiger partial charge is 0.323 e. The van der Waals surface area contributed by atoms with Crippen LogP contribution in [0.25, 0.3) is 11.0 Å². The number of hydrogen-bond acceptors (Lipinski definition) is 2. The van der Waals surface area contributed by atoms with Crippen molar-refractivity contribution in [2.45, 2.75) is 32.6 Å². The lowest BCUT2D eigenvalue weighted by Crippen LogP contribution is -2.29. The first kappa shape index (κ1) is 15.1. The number of halogens is 4. The Morgan fingerprint density at radius 2 is 2.05 bits per heavy atom. The van der Waals surface area contributed by atoms with Crippen molar-refractivity contribution in [1.29, 1.82) is 0 Å². The van der Waals surface area contributed by atoms with Gasteiger partial charge in [0.2, 0.25) is 0 Å². The number of para-hydroxylation sites is 1. The number of nitrogens with one attached hydrogen (secondary N) is 1. The second-order valence-corrected chi connectivity index (χ2v) is 5.23. The number of imidazole rings is 1. The lowest BCUT2D eigenvalue weighted by Gasteiger charge is -2.14. The molecule has 1 N–H and O–H groups in total. The molecule has 0 radical (unpaired) electrons. The van der Waals surface area contributed by atoms with Crippen LogP contribution in [0.4, 0.5) is 13.2 Å². The van der Waals surface area contributed by atoms with Gasteiger partial charge >= 0.3 is 6.18 Å². The van der Waals surface area contributed by atoms with E-state index in [0.29, 0.717) is 16.4 Å². The number of alkyl halides is 3. The van der Waals surface area contributed by atoms with Gasteiger partial charge in [0.1, 0.15) is 5.82 Å². The van der Waals surface area contributed by atoms with Gasteiger partial charge in [-0.2, -0.15) is 13.2 Å². The third-order valence-electron chi connectivity index (χ3n) is 2.86. The molecule has 0 amide bonds. The summed E-state index contributed by atoms with van der Waals surface area (Å²) in [5.41, 5.74) is 1.45. The number of nitrogens with zero attached hydrogens (tertiary/aromatic N) is 2. The maximum absolute atomic E-state index is 12.2. The highest BCUT2D eigenvalue weighted by molar-refractivity contribution is 6.35. The summed E-state index contributed by atoms with van der Waals surface area (Å²) in [6.07, 6.45) is -4.23. The molecule has 2 aromatic rings. The van der Waals surface area contributed by atoms with Crippen molar-refractivity contribution >= 4 is 22.6 Å². The Morgan fingerprint density at radius 3 is 2.65 bits per heavy atom. The van der Waals surface area contributed by atoms with Gasteiger partial charge in [0.15, 0.2) is 0 Å². The van der Waals surface area contributed by atoms with E-state index in [9.17, 15) is 13.2 Å². The molecule has 110 valence electrons. The summed E-state index contributed by atoms with van der Waals surface area (Å²) in [5, 5.41) is 2.91. The summed E-state index contributed by atoms with van der Waals surface area (Å²) in [7, 11) is 0. The largest absolute Gasteiger partial charge is 0.401 e. The summed E-state index contributed by atoms with van der Waals surface area (Å²) < 4.78 is 38.4. The number of benzene rings is 1. The Hall–Kier alpha value is -1.27. The Bertz CT molecular complexity index is 605. The molecule has 0 aliphatic rings. The highest BCUT2D eigenvalue weighted by atomic mass is 35.5. The minimum Gasteiger partial charge on any atom is -0.323 e. The number of fused-ring (bicyclic) bond motifs is 1. The van der Waals surface area contributed by atoms with Gasteiger partial charge in [-0.15, -0.1) is 0 Å². The maximum atomic E-state index is 12.2. The van der Waals surface area contributed by atoms with Crippen LogP contribution in [0.5, 0.6) is 0 Å². The van der Waals surface area contributed by atoms with Crippen LogP contribution in [0.3, 0.4) is 0 Å². The summed E-state index contributed by atoms with van der Waals surface area (Å²) >= 11 is 6.16. The Kier molecular flexibility index (Phi) is 4.25. The van der Waals surface area contributed by atoms with Crippen LogP contribution in [-0.2, 0) is 6.54 Å². The number of hydrogen-bond donors (Lipinski definition) is 1. The van der Waals surface area contributed by atoms with Crippen LogP contribution in [0.2, 0.25) is 5.02 Å². The normalized spacial score (nSPS) is 12.6. The molecule has 1 aromatic heterocycles. The predicted molar refractivity (Wildman–Crippen MR) is 72.9 cm³/mol. The van der Waals surface area contributed by atoms with Crippen molar-refractivity contribution in [1.82, 2.24) is 14.9 Å². The fraction of sp³-hybridized carbons (Fsp3) is 0.462. The summed E-state index contributed by atoms with van der Waals surface area (Å²) in [4.78, 5) is 4.36. The average molecular weight is 306 g/mol. The van der Waals surface area contributed by atoms with Crippen LogP contribution in [0.15, 0.2) is 18.2 Å². The molecule has 20 heavy (non-hydrogen) atoms. The molecule has 0 fully saturated rings. The van der Waals surface area contributed by atoms with E-state index in [1.54, 1.807) is 18.2 Å². The first-order chi connectivity index (χ1) is 9.29. The molecule has 1 aromatic carbocycles. The van der Waals surface area contributed by atoms with E-state index in [2.05, 4.69) is 10.3 Å². The topological polar surface area (TPSA) is 29.9 Å². The van der Waals surface area contributed by atoms with Crippen molar-refractivity contribution in [3.63, 3.8) is 0 Å². The average Bonchev–Trinajstić information content (AvgIpc) is 2.67. The molecule has 0 bridgehead atoms. The molecular formula is C13H15ClF3N3. The zero-order valence-corrected chi connectivity index (χ0v) is 11.9. The molecular weight excluding hydrogens is 291 g/mol. The summed E-state index contributed by atoms with van der Waals surface area (Å²) in [5.74, 6) is 0.548. The minimum atomic E-state index is -4.23. The Balaban J connectivity index is 2.33. The third-order valence-corrected chi connectivity index (χ3v) is 3.16. The Morgan fingerprint density at radius 1 is 1.35 bits per heavy atom. The van der Waals surface area contributed by atoms with Crippen molar-refractivity contribution in [3.8, 4) is 0 Å². The SMILES string of the molecule is CC(C)n1c(CNCC(F)(F)F)nc2cccc(Cl)c21. The van der Waals surface area contributed by atoms with E-state index in [1.165, 1.54) is 0 Å². The van der Waals surface area contributed by atoms with Crippen LogP contribution in [0, 0.1) is 0 Å². The van der Waals surface area contributed by atoms with Crippen molar-refractivity contribution in [2.75, 3.05) is 6.54 Å². The lowest BCUT2D eigenvalue weighted by atomic mass is 10.3. The fourth-order valence-corrected chi connectivity index (χ4v) is 2.41. The second kappa shape index (κ2) is 5.61. The minimum absolute atomic E-state index is 0.0443. The third kappa shape index (κ3) is 3.24. The van der Waals surface area contributed by atoms with Crippen LogP contribution in [0.1, 0.15) is 25.7 Å². The molecule has 0 saturated heterocycles. The zero-order valence-electron chi connectivity index (χ0n) is 11.1. The van der Waals surface area contributed by atoms with Gasteiger partial charge in [0, 0.05) is 6.04 Å². The van der Waals surface area contributed by atoms with E-state index in [0.717, 1.165) is 5.52 Å². The summed E-state index contributed by atoms with van der Waals surface area (Å²) in [6.45, 7) is 2.89. The number of rotatable bonds is 4. The van der Waals surface area contributed by atoms with E-state index in [4.69, 9.17) is 11.6 Å². The van der Waals surface area contributed by atoms with Crippen LogP contribution >= 0.6 is 11.6 Å². The highest BCUT2D eigenvalue weighted by Gasteiger charge is 2.26. The van der Waals surface area contributed by atoms with Crippen molar-refractivity contribution in [2.24, 2.45) is 0 Å². The second-order valence-electron chi connectivity index (χ2n) is 4.82. The van der Waals surface area contributed by atoms with Gasteiger partial charge in [-0.25, -0.2) is 4.98 Å². The van der Waals surface area contributed by atoms with Gasteiger partial charge in [0.25, 0.3) is 0 Å². The lowest BCUT2D eigenvalue weighted by molar-refractivity contribution is -0.125. The number of aromatic nitrogens is 2. The van der Waals surface area contributed by atoms with Crippen molar-refractivity contribution < 1.29 is 13.2 Å². The van der Waals surface area contributed by atoms with Gasteiger partial charge in [0.05, 0.1) is 29.1 Å². The quantitative estimate of drug-likeness (QED) is 0.928. The maximum Gasteiger partial charge on any atom is 0.401 e. The molecule has 7 heteroatoms. The van der Waals surface area contributed by atoms with E-state index >= 15 is 0 Å². The van der Waals surface area contributed by atoms with Gasteiger partial charge in [-0.05, 0) is 26.0 Å². The van der Waals surface area contributed by atoms with E-state index < -0.39 is 12.7 Å². The molecule has 0 aliphatic carbocycles. The zero-order chi connectivity index (χ0) is 14.9. The standard InChI is InChI=1S/C13H15ClF3N3/c1-8(2)20-11(6-18-7-13(15,16)17)19-10-5-3-4-9(14)12(10)20/h3-5,8,18H,6-7H2,1-2H3. The van der Waals surface area contributed by atoms with E-state index in [1.807, 2.05) is 18.4 Å². The first-order valence-electron chi connectivity index (χ1n) is 6.22. The Labute approximate surface area is 119 Å². The molecule has 0 atom stereocenters. The molecule has 2 rings (SSSR count). The molecule has 3 nitrogen and oxygen atoms in total. The molecule has 0 unspecified atom stereocenters. The van der Waals surface area contributed by atoms with E-state index in [-0.39, 0.29) is 12.6 Å². The molecule has 0 spiro atoms. The fourth-order valence-electron chi connectivity index (χ4n) is 2.15. The monoisotopic (exact) mass is 305 g/mol.